The summed E-state index contributed by atoms with van der Waals surface area (Å²) in [5.74, 6) is -0.288. The smallest absolute Gasteiger partial charge is 0.260 e. The van der Waals surface area contributed by atoms with Crippen LogP contribution in [0.2, 0.25) is 5.02 Å². The maximum atomic E-state index is 12.7. The van der Waals surface area contributed by atoms with Crippen molar-refractivity contribution in [2.45, 2.75) is 6.54 Å². The van der Waals surface area contributed by atoms with Gasteiger partial charge in [0.05, 0.1) is 17.2 Å². The molecule has 4 rings (SSSR count). The Morgan fingerprint density at radius 2 is 1.50 bits per heavy atom. The minimum Gasteiger partial charge on any atom is -0.331 e. The minimum atomic E-state index is -0.288. The Kier molecular flexibility index (Phi) is 4.91. The van der Waals surface area contributed by atoms with Crippen LogP contribution in [-0.2, 0) is 11.3 Å². The fraction of sp³-hybridized carbons (Fsp3) is 0.0455. The molecule has 1 heterocycles. The number of hydrogen-bond donors (Lipinski definition) is 1. The Labute approximate surface area is 165 Å². The first-order valence-corrected chi connectivity index (χ1v) is 9.09. The van der Waals surface area contributed by atoms with Crippen LogP contribution in [0.4, 0.5) is 0 Å². The number of hydrazone groups is 1. The molecule has 3 aromatic carbocycles. The van der Waals surface area contributed by atoms with Crippen LogP contribution in [-0.4, -0.2) is 16.7 Å². The standard InChI is InChI=1S/C22H16ClN3O2/c23-16-11-9-15(10-12-16)13-24-25-21(27)14-26-19-7-3-1-5-17(19)22(28)18-6-2-4-8-20(18)26/h1-13H,14H2,(H,25,27)/b24-13-. The van der Waals surface area contributed by atoms with E-state index in [1.165, 1.54) is 0 Å². The predicted octanol–water partition coefficient (Wildman–Crippen LogP) is 3.96. The molecule has 1 amide bonds. The summed E-state index contributed by atoms with van der Waals surface area (Å²) in [7, 11) is 0. The molecule has 0 fully saturated rings. The summed E-state index contributed by atoms with van der Waals surface area (Å²) in [6.07, 6.45) is 1.55. The second-order valence-corrected chi connectivity index (χ2v) is 6.73. The van der Waals surface area contributed by atoms with Crippen LogP contribution in [0.3, 0.4) is 0 Å². The molecule has 0 saturated heterocycles. The van der Waals surface area contributed by atoms with Gasteiger partial charge in [0.1, 0.15) is 6.54 Å². The Balaban J connectivity index is 1.65. The summed E-state index contributed by atoms with van der Waals surface area (Å²) < 4.78 is 1.83. The third-order valence-electron chi connectivity index (χ3n) is 4.45. The van der Waals surface area contributed by atoms with Crippen molar-refractivity contribution in [3.05, 3.63) is 93.6 Å². The molecule has 6 heteroatoms. The molecule has 0 aliphatic rings. The average Bonchev–Trinajstić information content (AvgIpc) is 2.72. The van der Waals surface area contributed by atoms with Gasteiger partial charge in [0.25, 0.3) is 5.91 Å². The van der Waals surface area contributed by atoms with Crippen molar-refractivity contribution < 1.29 is 4.79 Å². The third-order valence-corrected chi connectivity index (χ3v) is 4.71. The van der Waals surface area contributed by atoms with Gasteiger partial charge in [-0.15, -0.1) is 0 Å². The van der Waals surface area contributed by atoms with Crippen LogP contribution < -0.4 is 10.9 Å². The fourth-order valence-electron chi connectivity index (χ4n) is 3.15. The monoisotopic (exact) mass is 389 g/mol. The SMILES string of the molecule is O=C(Cn1c2ccccc2c(=O)c2ccccc21)N/N=C\c1ccc(Cl)cc1. The zero-order chi connectivity index (χ0) is 19.5. The van der Waals surface area contributed by atoms with E-state index in [1.807, 2.05) is 41.0 Å². The molecule has 0 aliphatic carbocycles. The maximum absolute atomic E-state index is 12.7. The lowest BCUT2D eigenvalue weighted by Crippen LogP contribution is -2.25. The molecule has 0 aliphatic heterocycles. The van der Waals surface area contributed by atoms with E-state index < -0.39 is 0 Å². The molecule has 4 aromatic rings. The van der Waals surface area contributed by atoms with E-state index in [9.17, 15) is 9.59 Å². The molecule has 0 atom stereocenters. The molecule has 1 N–H and O–H groups in total. The second kappa shape index (κ2) is 7.66. The molecule has 28 heavy (non-hydrogen) atoms. The van der Waals surface area contributed by atoms with E-state index >= 15 is 0 Å². The van der Waals surface area contributed by atoms with Crippen LogP contribution in [0.15, 0.2) is 82.7 Å². The lowest BCUT2D eigenvalue weighted by Gasteiger charge is -2.14. The van der Waals surface area contributed by atoms with E-state index in [0.29, 0.717) is 26.8 Å². The van der Waals surface area contributed by atoms with Gasteiger partial charge in [0.2, 0.25) is 0 Å². The van der Waals surface area contributed by atoms with Gasteiger partial charge >= 0.3 is 0 Å². The quantitative estimate of drug-likeness (QED) is 0.326. The van der Waals surface area contributed by atoms with Crippen molar-refractivity contribution in [1.82, 2.24) is 9.99 Å². The van der Waals surface area contributed by atoms with Crippen molar-refractivity contribution >= 4 is 45.5 Å². The van der Waals surface area contributed by atoms with Crippen molar-refractivity contribution in [3.8, 4) is 0 Å². The molecule has 0 spiro atoms. The van der Waals surface area contributed by atoms with Crippen LogP contribution in [0, 0.1) is 0 Å². The Morgan fingerprint density at radius 1 is 0.929 bits per heavy atom. The zero-order valence-corrected chi connectivity index (χ0v) is 15.6. The van der Waals surface area contributed by atoms with Crippen LogP contribution in [0.25, 0.3) is 21.8 Å². The number of benzene rings is 3. The van der Waals surface area contributed by atoms with Gasteiger partial charge in [-0.25, -0.2) is 5.43 Å². The Hall–Kier alpha value is -3.44. The molecule has 5 nitrogen and oxygen atoms in total. The number of hydrogen-bond acceptors (Lipinski definition) is 3. The van der Waals surface area contributed by atoms with Crippen LogP contribution in [0.1, 0.15) is 5.56 Å². The van der Waals surface area contributed by atoms with Crippen molar-refractivity contribution in [3.63, 3.8) is 0 Å². The average molecular weight is 390 g/mol. The highest BCUT2D eigenvalue weighted by atomic mass is 35.5. The number of amides is 1. The second-order valence-electron chi connectivity index (χ2n) is 6.29. The van der Waals surface area contributed by atoms with Crippen molar-refractivity contribution in [1.29, 1.82) is 0 Å². The van der Waals surface area contributed by atoms with Gasteiger partial charge in [0, 0.05) is 15.8 Å². The summed E-state index contributed by atoms with van der Waals surface area (Å²) in [4.78, 5) is 25.2. The van der Waals surface area contributed by atoms with Gasteiger partial charge < -0.3 is 4.57 Å². The van der Waals surface area contributed by atoms with Crippen molar-refractivity contribution in [2.24, 2.45) is 5.10 Å². The van der Waals surface area contributed by atoms with Crippen molar-refractivity contribution in [2.75, 3.05) is 0 Å². The third kappa shape index (κ3) is 3.52. The number of carbonyl (C=O) groups is 1. The first-order chi connectivity index (χ1) is 13.6. The largest absolute Gasteiger partial charge is 0.331 e. The summed E-state index contributed by atoms with van der Waals surface area (Å²) in [6.45, 7) is 0.0409. The molecular formula is C22H16ClN3O2. The fourth-order valence-corrected chi connectivity index (χ4v) is 3.28. The summed E-state index contributed by atoms with van der Waals surface area (Å²) in [5.41, 5.74) is 4.74. The molecule has 0 saturated carbocycles. The first-order valence-electron chi connectivity index (χ1n) is 8.71. The van der Waals surface area contributed by atoms with Gasteiger partial charge in [-0.1, -0.05) is 48.0 Å². The number of halogens is 1. The predicted molar refractivity (Wildman–Crippen MR) is 113 cm³/mol. The highest BCUT2D eigenvalue weighted by Crippen LogP contribution is 2.18. The molecule has 0 unspecified atom stereocenters. The summed E-state index contributed by atoms with van der Waals surface area (Å²) in [5, 5.41) is 5.80. The van der Waals surface area contributed by atoms with Gasteiger partial charge in [-0.2, -0.15) is 5.10 Å². The van der Waals surface area contributed by atoms with E-state index in [0.717, 1.165) is 5.56 Å². The number of nitrogens with zero attached hydrogens (tertiary/aromatic N) is 2. The van der Waals surface area contributed by atoms with Crippen LogP contribution >= 0.6 is 11.6 Å². The number of pyridine rings is 1. The molecule has 0 radical (unpaired) electrons. The molecular weight excluding hydrogens is 374 g/mol. The highest BCUT2D eigenvalue weighted by molar-refractivity contribution is 6.30. The van der Waals surface area contributed by atoms with E-state index in [4.69, 9.17) is 11.6 Å². The minimum absolute atomic E-state index is 0.0383. The Bertz CT molecular complexity index is 1200. The number of fused-ring (bicyclic) bond motifs is 2. The lowest BCUT2D eigenvalue weighted by atomic mass is 10.1. The first kappa shape index (κ1) is 17.9. The van der Waals surface area contributed by atoms with E-state index in [1.54, 1.807) is 42.6 Å². The number of para-hydroxylation sites is 2. The Morgan fingerprint density at radius 3 is 2.11 bits per heavy atom. The molecule has 0 bridgehead atoms. The molecule has 1 aromatic heterocycles. The van der Waals surface area contributed by atoms with E-state index in [-0.39, 0.29) is 17.9 Å². The van der Waals surface area contributed by atoms with E-state index in [2.05, 4.69) is 10.5 Å². The lowest BCUT2D eigenvalue weighted by molar-refractivity contribution is -0.121. The number of rotatable bonds is 4. The van der Waals surface area contributed by atoms with Crippen LogP contribution in [0.5, 0.6) is 0 Å². The topological polar surface area (TPSA) is 63.5 Å². The number of nitrogens with one attached hydrogen (secondary N) is 1. The highest BCUT2D eigenvalue weighted by Gasteiger charge is 2.12. The summed E-state index contributed by atoms with van der Waals surface area (Å²) in [6, 6.07) is 21.7. The number of aromatic nitrogens is 1. The van der Waals surface area contributed by atoms with Gasteiger partial charge in [0.15, 0.2) is 5.43 Å². The number of carbonyl (C=O) groups excluding carboxylic acids is 1. The van der Waals surface area contributed by atoms with Gasteiger partial charge in [-0.05, 0) is 42.0 Å². The normalized spacial score (nSPS) is 11.3. The maximum Gasteiger partial charge on any atom is 0.260 e. The summed E-state index contributed by atoms with van der Waals surface area (Å²) >= 11 is 5.85. The zero-order valence-electron chi connectivity index (χ0n) is 14.8. The van der Waals surface area contributed by atoms with Gasteiger partial charge in [-0.3, -0.25) is 9.59 Å². The molecule has 138 valence electrons.